The van der Waals surface area contributed by atoms with Crippen LogP contribution >= 0.6 is 11.6 Å². The number of halogens is 1. The van der Waals surface area contributed by atoms with Crippen molar-refractivity contribution in [3.8, 4) is 0 Å². The minimum Gasteiger partial charge on any atom is -0.324 e. The number of anilines is 2. The van der Waals surface area contributed by atoms with Crippen molar-refractivity contribution in [3.63, 3.8) is 0 Å². The van der Waals surface area contributed by atoms with E-state index in [0.717, 1.165) is 28.6 Å². The van der Waals surface area contributed by atoms with Gasteiger partial charge in [-0.3, -0.25) is 4.72 Å². The van der Waals surface area contributed by atoms with E-state index in [-0.39, 0.29) is 12.0 Å². The minimum absolute atomic E-state index is 0.0212. The molecule has 0 amide bonds. The Kier molecular flexibility index (Phi) is 4.60. The number of hydrogen-bond acceptors (Lipinski definition) is 5. The summed E-state index contributed by atoms with van der Waals surface area (Å²) in [7, 11) is -3.48. The van der Waals surface area contributed by atoms with Gasteiger partial charge < -0.3 is 5.32 Å². The van der Waals surface area contributed by atoms with E-state index in [9.17, 15) is 8.42 Å². The van der Waals surface area contributed by atoms with Crippen LogP contribution in [0.5, 0.6) is 0 Å². The summed E-state index contributed by atoms with van der Waals surface area (Å²) < 4.78 is 27.1. The van der Waals surface area contributed by atoms with E-state index in [1.165, 1.54) is 0 Å². The minimum atomic E-state index is -3.48. The SMILES string of the molecule is Cc1ccc([C@@H]2C=C(c3ccc(Cl)cc3)Nc3nc(NS(C)(=O)=O)nn32)cc1. The maximum atomic E-state index is 11.6. The summed E-state index contributed by atoms with van der Waals surface area (Å²) in [6.45, 7) is 2.02. The van der Waals surface area contributed by atoms with Gasteiger partial charge in [0.2, 0.25) is 16.0 Å². The molecule has 0 spiro atoms. The van der Waals surface area contributed by atoms with Crippen molar-refractivity contribution >= 4 is 39.2 Å². The molecule has 1 aliphatic heterocycles. The summed E-state index contributed by atoms with van der Waals surface area (Å²) in [5.74, 6) is 0.469. The van der Waals surface area contributed by atoms with E-state index < -0.39 is 10.0 Å². The first-order valence-electron chi connectivity index (χ1n) is 8.54. The third-order valence-corrected chi connectivity index (χ3v) is 5.12. The summed E-state index contributed by atoms with van der Waals surface area (Å²) in [6.07, 6.45) is 3.09. The van der Waals surface area contributed by atoms with Crippen LogP contribution < -0.4 is 10.0 Å². The van der Waals surface area contributed by atoms with Crippen LogP contribution in [0.4, 0.5) is 11.9 Å². The molecule has 0 aliphatic carbocycles. The Balaban J connectivity index is 1.80. The van der Waals surface area contributed by atoms with Crippen LogP contribution in [-0.2, 0) is 10.0 Å². The molecule has 1 aromatic heterocycles. The molecule has 2 N–H and O–H groups in total. The Morgan fingerprint density at radius 2 is 1.79 bits per heavy atom. The Bertz CT molecular complexity index is 1150. The highest BCUT2D eigenvalue weighted by Gasteiger charge is 2.26. The Hall–Kier alpha value is -2.84. The van der Waals surface area contributed by atoms with Gasteiger partial charge in [0.25, 0.3) is 5.95 Å². The number of sulfonamides is 1. The summed E-state index contributed by atoms with van der Waals surface area (Å²) in [4.78, 5) is 4.31. The van der Waals surface area contributed by atoms with Crippen molar-refractivity contribution in [1.29, 1.82) is 0 Å². The van der Waals surface area contributed by atoms with Gasteiger partial charge in [0, 0.05) is 10.7 Å². The number of hydrogen-bond donors (Lipinski definition) is 2. The number of nitrogens with zero attached hydrogens (tertiary/aromatic N) is 3. The Labute approximate surface area is 168 Å². The molecule has 0 unspecified atom stereocenters. The van der Waals surface area contributed by atoms with Crippen molar-refractivity contribution in [1.82, 2.24) is 14.8 Å². The van der Waals surface area contributed by atoms with E-state index in [1.807, 2.05) is 61.5 Å². The molecule has 9 heteroatoms. The maximum Gasteiger partial charge on any atom is 0.257 e. The summed E-state index contributed by atoms with van der Waals surface area (Å²) >= 11 is 6.00. The molecule has 2 aromatic carbocycles. The first-order valence-corrected chi connectivity index (χ1v) is 10.8. The number of rotatable bonds is 4. The number of benzene rings is 2. The zero-order valence-electron chi connectivity index (χ0n) is 15.2. The van der Waals surface area contributed by atoms with E-state index in [4.69, 9.17) is 11.6 Å². The summed E-state index contributed by atoms with van der Waals surface area (Å²) in [6, 6.07) is 15.3. The molecule has 3 aromatic rings. The highest BCUT2D eigenvalue weighted by Crippen LogP contribution is 2.33. The van der Waals surface area contributed by atoms with E-state index in [2.05, 4.69) is 20.1 Å². The van der Waals surface area contributed by atoms with Gasteiger partial charge >= 0.3 is 0 Å². The fourth-order valence-corrected chi connectivity index (χ4v) is 3.55. The lowest BCUT2D eigenvalue weighted by Crippen LogP contribution is -2.20. The van der Waals surface area contributed by atoms with Gasteiger partial charge in [-0.1, -0.05) is 53.6 Å². The highest BCUT2D eigenvalue weighted by molar-refractivity contribution is 7.91. The van der Waals surface area contributed by atoms with Gasteiger partial charge in [-0.15, -0.1) is 5.10 Å². The first kappa shape index (κ1) is 18.5. The van der Waals surface area contributed by atoms with Gasteiger partial charge in [0.1, 0.15) is 6.04 Å². The normalized spacial score (nSPS) is 16.1. The predicted molar refractivity (Wildman–Crippen MR) is 111 cm³/mol. The van der Waals surface area contributed by atoms with E-state index in [0.29, 0.717) is 11.0 Å². The third-order valence-electron chi connectivity index (χ3n) is 4.32. The Morgan fingerprint density at radius 3 is 2.43 bits per heavy atom. The van der Waals surface area contributed by atoms with Crippen molar-refractivity contribution < 1.29 is 8.42 Å². The van der Waals surface area contributed by atoms with Crippen LogP contribution in [0.25, 0.3) is 5.70 Å². The molecule has 4 rings (SSSR count). The first-order chi connectivity index (χ1) is 13.3. The molecule has 0 fully saturated rings. The number of allylic oxidation sites excluding steroid dienone is 1. The largest absolute Gasteiger partial charge is 0.324 e. The van der Waals surface area contributed by atoms with Gasteiger partial charge in [-0.25, -0.2) is 13.1 Å². The molecule has 2 heterocycles. The monoisotopic (exact) mass is 415 g/mol. The lowest BCUT2D eigenvalue weighted by atomic mass is 10.0. The molecule has 0 saturated heterocycles. The molecule has 144 valence electrons. The van der Waals surface area contributed by atoms with Crippen molar-refractivity contribution in [2.45, 2.75) is 13.0 Å². The summed E-state index contributed by atoms with van der Waals surface area (Å²) in [5, 5.41) is 8.22. The molecular formula is C19H18ClN5O2S. The number of aryl methyl sites for hydroxylation is 1. The van der Waals surface area contributed by atoms with Crippen LogP contribution in [0, 0.1) is 6.92 Å². The van der Waals surface area contributed by atoms with E-state index in [1.54, 1.807) is 4.68 Å². The lowest BCUT2D eigenvalue weighted by Gasteiger charge is -2.24. The van der Waals surface area contributed by atoms with E-state index >= 15 is 0 Å². The van der Waals surface area contributed by atoms with Crippen molar-refractivity contribution in [2.24, 2.45) is 0 Å². The number of nitrogens with one attached hydrogen (secondary N) is 2. The smallest absolute Gasteiger partial charge is 0.257 e. The second-order valence-corrected chi connectivity index (χ2v) is 8.83. The van der Waals surface area contributed by atoms with Crippen LogP contribution in [-0.4, -0.2) is 29.4 Å². The maximum absolute atomic E-state index is 11.6. The second-order valence-electron chi connectivity index (χ2n) is 6.65. The predicted octanol–water partition coefficient (Wildman–Crippen LogP) is 3.67. The van der Waals surface area contributed by atoms with Crippen LogP contribution in [0.3, 0.4) is 0 Å². The molecular weight excluding hydrogens is 398 g/mol. The van der Waals surface area contributed by atoms with Crippen LogP contribution in [0.15, 0.2) is 54.6 Å². The van der Waals surface area contributed by atoms with Gasteiger partial charge in [0.15, 0.2) is 0 Å². The number of aromatic nitrogens is 3. The molecule has 1 aliphatic rings. The lowest BCUT2D eigenvalue weighted by molar-refractivity contribution is 0.603. The molecule has 7 nitrogen and oxygen atoms in total. The fraction of sp³-hybridized carbons (Fsp3) is 0.158. The van der Waals surface area contributed by atoms with Crippen molar-refractivity contribution in [2.75, 3.05) is 16.3 Å². The third kappa shape index (κ3) is 3.88. The van der Waals surface area contributed by atoms with Gasteiger partial charge in [-0.2, -0.15) is 4.98 Å². The second kappa shape index (κ2) is 6.96. The highest BCUT2D eigenvalue weighted by atomic mass is 35.5. The molecule has 1 atom stereocenters. The fourth-order valence-electron chi connectivity index (χ4n) is 3.00. The van der Waals surface area contributed by atoms with Crippen molar-refractivity contribution in [3.05, 3.63) is 76.3 Å². The van der Waals surface area contributed by atoms with Gasteiger partial charge in [0.05, 0.1) is 6.26 Å². The average Bonchev–Trinajstić information content (AvgIpc) is 3.02. The summed E-state index contributed by atoms with van der Waals surface area (Å²) in [5.41, 5.74) is 3.94. The number of fused-ring (bicyclic) bond motifs is 1. The topological polar surface area (TPSA) is 88.9 Å². The zero-order chi connectivity index (χ0) is 19.9. The van der Waals surface area contributed by atoms with Gasteiger partial charge in [-0.05, 0) is 36.3 Å². The quantitative estimate of drug-likeness (QED) is 0.678. The van der Waals surface area contributed by atoms with Crippen LogP contribution in [0.2, 0.25) is 5.02 Å². The standard InChI is InChI=1S/C19H18ClN5O2S/c1-12-3-5-14(6-4-12)17-11-16(13-7-9-15(20)10-8-13)21-19-22-18(23-25(17)19)24-28(2,26)27/h3-11,17H,1-2H3,(H2,21,22,23,24)/t17-/m0/s1. The molecule has 28 heavy (non-hydrogen) atoms. The Morgan fingerprint density at radius 1 is 1.11 bits per heavy atom. The average molecular weight is 416 g/mol. The zero-order valence-corrected chi connectivity index (χ0v) is 16.8. The molecule has 0 radical (unpaired) electrons. The molecule has 0 saturated carbocycles. The van der Waals surface area contributed by atoms with Crippen LogP contribution in [0.1, 0.15) is 22.7 Å². The molecule has 0 bridgehead atoms.